The van der Waals surface area contributed by atoms with Crippen LogP contribution in [0.15, 0.2) is 18.5 Å². The second-order valence-corrected chi connectivity index (χ2v) is 4.79. The molecular weight excluding hydrogens is 270 g/mol. The number of hydrogen-bond donors (Lipinski definition) is 2. The van der Waals surface area contributed by atoms with Gasteiger partial charge in [-0.25, -0.2) is 4.68 Å². The van der Waals surface area contributed by atoms with Gasteiger partial charge in [0.05, 0.1) is 0 Å². The van der Waals surface area contributed by atoms with Crippen LogP contribution in [0.2, 0.25) is 0 Å². The van der Waals surface area contributed by atoms with Crippen LogP contribution in [0.3, 0.4) is 0 Å². The molecule has 0 amide bonds. The summed E-state index contributed by atoms with van der Waals surface area (Å²) >= 11 is 0. The number of rotatable bonds is 5. The summed E-state index contributed by atoms with van der Waals surface area (Å²) in [5, 5.41) is 10.6. The summed E-state index contributed by atoms with van der Waals surface area (Å²) in [5.74, 6) is 1.62. The van der Waals surface area contributed by atoms with Crippen LogP contribution in [-0.2, 0) is 4.74 Å². The van der Waals surface area contributed by atoms with Crippen LogP contribution >= 0.6 is 0 Å². The Hall–Kier alpha value is -2.22. The Labute approximate surface area is 123 Å². The molecule has 8 heteroatoms. The summed E-state index contributed by atoms with van der Waals surface area (Å²) < 4.78 is 6.99. The van der Waals surface area contributed by atoms with Crippen LogP contribution in [0.1, 0.15) is 19.8 Å². The Morgan fingerprint density at radius 1 is 1.24 bits per heavy atom. The van der Waals surface area contributed by atoms with E-state index in [9.17, 15) is 0 Å². The van der Waals surface area contributed by atoms with Crippen molar-refractivity contribution in [1.82, 2.24) is 24.7 Å². The molecule has 1 aliphatic rings. The van der Waals surface area contributed by atoms with Crippen molar-refractivity contribution in [2.45, 2.75) is 25.8 Å². The Kier molecular flexibility index (Phi) is 4.25. The van der Waals surface area contributed by atoms with Crippen LogP contribution in [0.5, 0.6) is 0 Å². The number of ether oxygens (including phenoxy) is 1. The average molecular weight is 289 g/mol. The second-order valence-electron chi connectivity index (χ2n) is 4.79. The number of nitrogens with zero attached hydrogens (tertiary/aromatic N) is 5. The lowest BCUT2D eigenvalue weighted by Gasteiger charge is -2.23. The molecule has 3 rings (SSSR count). The first kappa shape index (κ1) is 13.7. The lowest BCUT2D eigenvalue weighted by Crippen LogP contribution is -2.29. The molecule has 2 aromatic rings. The van der Waals surface area contributed by atoms with Gasteiger partial charge < -0.3 is 15.4 Å². The van der Waals surface area contributed by atoms with Crippen molar-refractivity contribution in [2.24, 2.45) is 0 Å². The first-order valence-electron chi connectivity index (χ1n) is 7.19. The van der Waals surface area contributed by atoms with Gasteiger partial charge in [0.25, 0.3) is 5.95 Å². The molecule has 8 nitrogen and oxygen atoms in total. The Morgan fingerprint density at radius 2 is 2.05 bits per heavy atom. The molecule has 0 radical (unpaired) electrons. The highest BCUT2D eigenvalue weighted by Crippen LogP contribution is 2.14. The van der Waals surface area contributed by atoms with Crippen LogP contribution in [-0.4, -0.2) is 50.5 Å². The van der Waals surface area contributed by atoms with E-state index in [-0.39, 0.29) is 0 Å². The average Bonchev–Trinajstić information content (AvgIpc) is 3.03. The zero-order chi connectivity index (χ0) is 14.5. The van der Waals surface area contributed by atoms with Crippen molar-refractivity contribution in [2.75, 3.05) is 30.4 Å². The predicted octanol–water partition coefficient (Wildman–Crippen LogP) is 1.08. The smallest absolute Gasteiger partial charge is 0.257 e. The normalized spacial score (nSPS) is 15.9. The summed E-state index contributed by atoms with van der Waals surface area (Å²) in [4.78, 5) is 13.2. The summed E-state index contributed by atoms with van der Waals surface area (Å²) in [6.07, 6.45) is 5.42. The van der Waals surface area contributed by atoms with Crippen molar-refractivity contribution in [3.05, 3.63) is 18.5 Å². The minimum atomic E-state index is 0.334. The highest BCUT2D eigenvalue weighted by molar-refractivity contribution is 5.38. The quantitative estimate of drug-likeness (QED) is 0.851. The zero-order valence-corrected chi connectivity index (χ0v) is 12.0. The topological polar surface area (TPSA) is 89.8 Å². The van der Waals surface area contributed by atoms with E-state index >= 15 is 0 Å². The molecule has 2 aromatic heterocycles. The maximum Gasteiger partial charge on any atom is 0.257 e. The molecule has 0 atom stereocenters. The second kappa shape index (κ2) is 6.49. The number of aromatic nitrogens is 5. The SMILES string of the molecule is CCNc1nc(NC2CCOCC2)nc(-n2cccn2)n1. The zero-order valence-electron chi connectivity index (χ0n) is 12.0. The predicted molar refractivity (Wildman–Crippen MR) is 78.6 cm³/mol. The molecule has 0 aromatic carbocycles. The first-order chi connectivity index (χ1) is 10.3. The molecule has 0 bridgehead atoms. The minimum Gasteiger partial charge on any atom is -0.381 e. The number of hydrogen-bond acceptors (Lipinski definition) is 7. The highest BCUT2D eigenvalue weighted by atomic mass is 16.5. The third-order valence-corrected chi connectivity index (χ3v) is 3.22. The van der Waals surface area contributed by atoms with Gasteiger partial charge in [0.2, 0.25) is 11.9 Å². The molecule has 0 unspecified atom stereocenters. The molecule has 112 valence electrons. The van der Waals surface area contributed by atoms with E-state index in [2.05, 4.69) is 30.7 Å². The van der Waals surface area contributed by atoms with E-state index in [1.54, 1.807) is 10.9 Å². The van der Waals surface area contributed by atoms with E-state index in [0.29, 0.717) is 23.9 Å². The molecule has 1 saturated heterocycles. The van der Waals surface area contributed by atoms with Crippen molar-refractivity contribution in [1.29, 1.82) is 0 Å². The van der Waals surface area contributed by atoms with E-state index < -0.39 is 0 Å². The summed E-state index contributed by atoms with van der Waals surface area (Å²) in [6.45, 7) is 4.30. The summed E-state index contributed by atoms with van der Waals surface area (Å²) in [5.41, 5.74) is 0. The molecule has 0 spiro atoms. The largest absolute Gasteiger partial charge is 0.381 e. The van der Waals surface area contributed by atoms with Gasteiger partial charge in [-0.3, -0.25) is 0 Å². The monoisotopic (exact) mass is 289 g/mol. The molecule has 21 heavy (non-hydrogen) atoms. The Balaban J connectivity index is 1.84. The van der Waals surface area contributed by atoms with Gasteiger partial charge in [-0.15, -0.1) is 0 Å². The van der Waals surface area contributed by atoms with E-state index in [4.69, 9.17) is 4.74 Å². The Bertz CT molecular complexity index is 566. The van der Waals surface area contributed by atoms with Gasteiger partial charge in [-0.2, -0.15) is 20.1 Å². The van der Waals surface area contributed by atoms with Crippen molar-refractivity contribution in [3.8, 4) is 5.95 Å². The third kappa shape index (κ3) is 3.46. The van der Waals surface area contributed by atoms with Gasteiger partial charge in [0.15, 0.2) is 0 Å². The molecular formula is C13H19N7O. The van der Waals surface area contributed by atoms with Crippen LogP contribution in [0.25, 0.3) is 5.95 Å². The van der Waals surface area contributed by atoms with Crippen LogP contribution in [0, 0.1) is 0 Å². The fraction of sp³-hybridized carbons (Fsp3) is 0.538. The maximum absolute atomic E-state index is 5.36. The highest BCUT2D eigenvalue weighted by Gasteiger charge is 2.16. The third-order valence-electron chi connectivity index (χ3n) is 3.22. The van der Waals surface area contributed by atoms with Gasteiger partial charge in [-0.05, 0) is 25.8 Å². The standard InChI is InChI=1S/C13H19N7O/c1-2-14-11-17-12(16-10-4-8-21-9-5-10)19-13(18-11)20-7-3-6-15-20/h3,6-7,10H,2,4-5,8-9H2,1H3,(H2,14,16,17,18,19). The van der Waals surface area contributed by atoms with Crippen molar-refractivity contribution in [3.63, 3.8) is 0 Å². The first-order valence-corrected chi connectivity index (χ1v) is 7.19. The molecule has 1 fully saturated rings. The van der Waals surface area contributed by atoms with E-state index in [0.717, 1.165) is 32.6 Å². The summed E-state index contributed by atoms with van der Waals surface area (Å²) in [6, 6.07) is 2.17. The van der Waals surface area contributed by atoms with Crippen molar-refractivity contribution >= 4 is 11.9 Å². The fourth-order valence-electron chi connectivity index (χ4n) is 2.18. The lowest BCUT2D eigenvalue weighted by atomic mass is 10.1. The molecule has 1 aliphatic heterocycles. The molecule has 2 N–H and O–H groups in total. The lowest BCUT2D eigenvalue weighted by molar-refractivity contribution is 0.0903. The van der Waals surface area contributed by atoms with Crippen LogP contribution in [0.4, 0.5) is 11.9 Å². The van der Waals surface area contributed by atoms with E-state index in [1.165, 1.54) is 0 Å². The molecule has 0 saturated carbocycles. The van der Waals surface area contributed by atoms with Gasteiger partial charge >= 0.3 is 0 Å². The Morgan fingerprint density at radius 3 is 2.76 bits per heavy atom. The van der Waals surface area contributed by atoms with E-state index in [1.807, 2.05) is 19.2 Å². The van der Waals surface area contributed by atoms with Gasteiger partial charge in [-0.1, -0.05) is 0 Å². The minimum absolute atomic E-state index is 0.334. The number of anilines is 2. The van der Waals surface area contributed by atoms with Gasteiger partial charge in [0, 0.05) is 38.2 Å². The molecule has 0 aliphatic carbocycles. The molecule has 3 heterocycles. The number of nitrogens with one attached hydrogen (secondary N) is 2. The fourth-order valence-corrected chi connectivity index (χ4v) is 2.18. The maximum atomic E-state index is 5.36. The van der Waals surface area contributed by atoms with Crippen molar-refractivity contribution < 1.29 is 4.74 Å². The summed E-state index contributed by atoms with van der Waals surface area (Å²) in [7, 11) is 0. The van der Waals surface area contributed by atoms with Crippen LogP contribution < -0.4 is 10.6 Å². The van der Waals surface area contributed by atoms with Gasteiger partial charge in [0.1, 0.15) is 0 Å².